The number of anilines is 2. The van der Waals surface area contributed by atoms with E-state index in [1.54, 1.807) is 42.5 Å². The van der Waals surface area contributed by atoms with Crippen molar-refractivity contribution < 1.29 is 14.3 Å². The van der Waals surface area contributed by atoms with Gasteiger partial charge in [-0.05, 0) is 49.7 Å². The molecule has 0 unspecified atom stereocenters. The van der Waals surface area contributed by atoms with Gasteiger partial charge in [0.15, 0.2) is 0 Å². The Balaban J connectivity index is 1.67. The molecule has 0 aliphatic heterocycles. The van der Waals surface area contributed by atoms with Crippen LogP contribution in [0.4, 0.5) is 11.4 Å². The van der Waals surface area contributed by atoms with E-state index in [9.17, 15) is 9.59 Å². The predicted octanol–water partition coefficient (Wildman–Crippen LogP) is 4.91. The van der Waals surface area contributed by atoms with Crippen molar-refractivity contribution in [3.8, 4) is 5.75 Å². The highest BCUT2D eigenvalue weighted by atomic mass is 16.5. The number of nitrogens with one attached hydrogen (secondary N) is 2. The molecule has 3 aromatic carbocycles. The van der Waals surface area contributed by atoms with Gasteiger partial charge in [0.05, 0.1) is 18.1 Å². The number of carbonyl (C=O) groups is 2. The van der Waals surface area contributed by atoms with E-state index in [0.29, 0.717) is 22.7 Å². The molecule has 3 aromatic rings. The van der Waals surface area contributed by atoms with Gasteiger partial charge in [-0.3, -0.25) is 9.59 Å². The number of carbonyl (C=O) groups excluding carboxylic acids is 2. The Morgan fingerprint density at radius 1 is 0.828 bits per heavy atom. The molecule has 0 spiro atoms. The number of ether oxygens (including phenoxy) is 1. The van der Waals surface area contributed by atoms with Crippen molar-refractivity contribution >= 4 is 23.2 Å². The maximum Gasteiger partial charge on any atom is 0.259 e. The zero-order valence-electron chi connectivity index (χ0n) is 16.5. The first-order chi connectivity index (χ1) is 14.0. The fourth-order valence-corrected chi connectivity index (χ4v) is 2.87. The molecule has 0 fully saturated rings. The Labute approximate surface area is 170 Å². The van der Waals surface area contributed by atoms with Crippen LogP contribution in [0, 0.1) is 0 Å². The molecule has 3 rings (SSSR count). The quantitative estimate of drug-likeness (QED) is 0.604. The van der Waals surface area contributed by atoms with Gasteiger partial charge < -0.3 is 15.4 Å². The molecular formula is C24H24N2O3. The maximum absolute atomic E-state index is 12.7. The van der Waals surface area contributed by atoms with E-state index in [2.05, 4.69) is 10.6 Å². The Morgan fingerprint density at radius 3 is 2.21 bits per heavy atom. The molecule has 0 aliphatic carbocycles. The van der Waals surface area contributed by atoms with Gasteiger partial charge in [-0.2, -0.15) is 0 Å². The molecule has 2 amide bonds. The van der Waals surface area contributed by atoms with Gasteiger partial charge in [0.1, 0.15) is 5.75 Å². The Morgan fingerprint density at radius 2 is 1.48 bits per heavy atom. The summed E-state index contributed by atoms with van der Waals surface area (Å²) in [6, 6.07) is 23.7. The van der Waals surface area contributed by atoms with Crippen molar-refractivity contribution in [2.75, 3.05) is 10.6 Å². The highest BCUT2D eigenvalue weighted by Gasteiger charge is 2.14. The minimum atomic E-state index is -0.269. The zero-order chi connectivity index (χ0) is 20.6. The van der Waals surface area contributed by atoms with E-state index in [-0.39, 0.29) is 24.3 Å². The van der Waals surface area contributed by atoms with Crippen LogP contribution in [0.2, 0.25) is 0 Å². The molecule has 0 atom stereocenters. The lowest BCUT2D eigenvalue weighted by atomic mass is 10.1. The van der Waals surface area contributed by atoms with Gasteiger partial charge in [-0.1, -0.05) is 48.5 Å². The summed E-state index contributed by atoms with van der Waals surface area (Å²) in [7, 11) is 0. The lowest BCUT2D eigenvalue weighted by Crippen LogP contribution is -2.16. The monoisotopic (exact) mass is 388 g/mol. The van der Waals surface area contributed by atoms with E-state index >= 15 is 0 Å². The van der Waals surface area contributed by atoms with Crippen LogP contribution in [0.1, 0.15) is 29.8 Å². The summed E-state index contributed by atoms with van der Waals surface area (Å²) in [4.78, 5) is 25.0. The molecule has 0 saturated heterocycles. The first-order valence-corrected chi connectivity index (χ1v) is 9.52. The maximum atomic E-state index is 12.7. The average molecular weight is 388 g/mol. The molecule has 0 radical (unpaired) electrons. The third-order valence-corrected chi connectivity index (χ3v) is 4.11. The van der Waals surface area contributed by atoms with Crippen molar-refractivity contribution in [3.05, 3.63) is 90.0 Å². The molecular weight excluding hydrogens is 364 g/mol. The van der Waals surface area contributed by atoms with Crippen LogP contribution >= 0.6 is 0 Å². The smallest absolute Gasteiger partial charge is 0.259 e. The zero-order valence-corrected chi connectivity index (χ0v) is 16.5. The number of para-hydroxylation sites is 1. The topological polar surface area (TPSA) is 67.4 Å². The highest BCUT2D eigenvalue weighted by Crippen LogP contribution is 2.22. The fourth-order valence-electron chi connectivity index (χ4n) is 2.87. The van der Waals surface area contributed by atoms with Crippen LogP contribution in [0.15, 0.2) is 78.9 Å². The minimum Gasteiger partial charge on any atom is -0.490 e. The van der Waals surface area contributed by atoms with E-state index in [1.807, 2.05) is 50.2 Å². The lowest BCUT2D eigenvalue weighted by molar-refractivity contribution is -0.115. The van der Waals surface area contributed by atoms with Gasteiger partial charge in [0.25, 0.3) is 5.91 Å². The third-order valence-electron chi connectivity index (χ3n) is 4.11. The van der Waals surface area contributed by atoms with Gasteiger partial charge in [-0.15, -0.1) is 0 Å². The third kappa shape index (κ3) is 5.94. The van der Waals surface area contributed by atoms with Crippen molar-refractivity contribution in [3.63, 3.8) is 0 Å². The largest absolute Gasteiger partial charge is 0.490 e. The average Bonchev–Trinajstić information content (AvgIpc) is 2.69. The van der Waals surface area contributed by atoms with Gasteiger partial charge in [0, 0.05) is 11.4 Å². The van der Waals surface area contributed by atoms with E-state index in [1.165, 1.54) is 0 Å². The van der Waals surface area contributed by atoms with Gasteiger partial charge >= 0.3 is 0 Å². The van der Waals surface area contributed by atoms with E-state index in [4.69, 9.17) is 4.74 Å². The summed E-state index contributed by atoms with van der Waals surface area (Å²) in [6.45, 7) is 3.83. The van der Waals surface area contributed by atoms with E-state index < -0.39 is 0 Å². The number of hydrogen-bond donors (Lipinski definition) is 2. The number of amides is 2. The molecule has 0 saturated carbocycles. The Kier molecular flexibility index (Phi) is 6.63. The number of rotatable bonds is 7. The standard InChI is InChI=1S/C24H24N2O3/c1-17(2)29-22-14-7-6-13-21(22)24(28)26-20-12-8-11-19(16-20)25-23(27)15-18-9-4-3-5-10-18/h3-14,16-17H,15H2,1-2H3,(H,25,27)(H,26,28). The molecule has 0 aliphatic rings. The second kappa shape index (κ2) is 9.55. The summed E-state index contributed by atoms with van der Waals surface area (Å²) in [5.41, 5.74) is 2.61. The predicted molar refractivity (Wildman–Crippen MR) is 115 cm³/mol. The summed E-state index contributed by atoms with van der Waals surface area (Å²) in [6.07, 6.45) is 0.254. The Bertz CT molecular complexity index is 984. The molecule has 29 heavy (non-hydrogen) atoms. The first kappa shape index (κ1) is 20.1. The van der Waals surface area contributed by atoms with Crippen LogP contribution in [0.25, 0.3) is 0 Å². The second-order valence-corrected chi connectivity index (χ2v) is 6.91. The fraction of sp³-hybridized carbons (Fsp3) is 0.167. The number of benzene rings is 3. The van der Waals surface area contributed by atoms with Crippen LogP contribution in [0.3, 0.4) is 0 Å². The normalized spacial score (nSPS) is 10.4. The molecule has 5 nitrogen and oxygen atoms in total. The number of hydrogen-bond acceptors (Lipinski definition) is 3. The van der Waals surface area contributed by atoms with Crippen molar-refractivity contribution in [2.45, 2.75) is 26.4 Å². The summed E-state index contributed by atoms with van der Waals surface area (Å²) in [5.74, 6) is 0.150. The van der Waals surface area contributed by atoms with Crippen LogP contribution < -0.4 is 15.4 Å². The van der Waals surface area contributed by atoms with Crippen LogP contribution in [0.5, 0.6) is 5.75 Å². The van der Waals surface area contributed by atoms with E-state index in [0.717, 1.165) is 5.56 Å². The summed E-state index contributed by atoms with van der Waals surface area (Å²) in [5, 5.41) is 5.73. The van der Waals surface area contributed by atoms with Gasteiger partial charge in [0.2, 0.25) is 5.91 Å². The second-order valence-electron chi connectivity index (χ2n) is 6.91. The van der Waals surface area contributed by atoms with Crippen LogP contribution in [-0.4, -0.2) is 17.9 Å². The summed E-state index contributed by atoms with van der Waals surface area (Å²) >= 11 is 0. The van der Waals surface area contributed by atoms with Crippen molar-refractivity contribution in [1.29, 1.82) is 0 Å². The Hall–Kier alpha value is -3.60. The van der Waals surface area contributed by atoms with Gasteiger partial charge in [-0.25, -0.2) is 0 Å². The molecule has 0 bridgehead atoms. The van der Waals surface area contributed by atoms with Crippen molar-refractivity contribution in [1.82, 2.24) is 0 Å². The highest BCUT2D eigenvalue weighted by molar-refractivity contribution is 6.06. The molecule has 2 N–H and O–H groups in total. The first-order valence-electron chi connectivity index (χ1n) is 9.52. The summed E-state index contributed by atoms with van der Waals surface area (Å²) < 4.78 is 5.72. The van der Waals surface area contributed by atoms with Crippen LogP contribution in [-0.2, 0) is 11.2 Å². The lowest BCUT2D eigenvalue weighted by Gasteiger charge is -2.14. The SMILES string of the molecule is CC(C)Oc1ccccc1C(=O)Nc1cccc(NC(=O)Cc2ccccc2)c1. The molecule has 148 valence electrons. The molecule has 0 aromatic heterocycles. The molecule has 0 heterocycles. The minimum absolute atomic E-state index is 0.0351. The molecule has 5 heteroatoms. The van der Waals surface area contributed by atoms with Crippen molar-refractivity contribution in [2.24, 2.45) is 0 Å².